The van der Waals surface area contributed by atoms with E-state index in [0.29, 0.717) is 6.61 Å². The summed E-state index contributed by atoms with van der Waals surface area (Å²) in [5.41, 5.74) is 11.2. The summed E-state index contributed by atoms with van der Waals surface area (Å²) in [5.74, 6) is 0.153. The van der Waals surface area contributed by atoms with Crippen molar-refractivity contribution in [2.24, 2.45) is 11.3 Å². The first-order chi connectivity index (χ1) is 5.99. The molecular weight excluding hydrogens is 170 g/mol. The van der Waals surface area contributed by atoms with E-state index < -0.39 is 0 Å². The van der Waals surface area contributed by atoms with Crippen molar-refractivity contribution in [3.63, 3.8) is 0 Å². The van der Waals surface area contributed by atoms with Crippen LogP contribution in [0, 0.1) is 22.4 Å². The Kier molecular flexibility index (Phi) is 4.28. The Balaban J connectivity index is 0.000000424. The van der Waals surface area contributed by atoms with Gasteiger partial charge in [-0.25, -0.2) is 0 Å². The van der Waals surface area contributed by atoms with Crippen LogP contribution in [0.1, 0.15) is 27.2 Å². The topological polar surface area (TPSA) is 88.1 Å². The molecule has 74 valence electrons. The molecule has 0 aromatic rings. The predicted molar refractivity (Wildman–Crippen MR) is 46.1 cm³/mol. The molecule has 1 rings (SSSR count). The van der Waals surface area contributed by atoms with Crippen LogP contribution in [0.2, 0.25) is 0 Å². The van der Waals surface area contributed by atoms with Gasteiger partial charge in [0, 0.05) is 0 Å². The van der Waals surface area contributed by atoms with Gasteiger partial charge in [0.05, 0.1) is 12.5 Å². The maximum Gasteiger partial charge on any atom is 0.309 e. The first-order valence-electron chi connectivity index (χ1n) is 4.19. The Morgan fingerprint density at radius 2 is 2.00 bits per heavy atom. The molecule has 2 N–H and O–H groups in total. The van der Waals surface area contributed by atoms with Crippen molar-refractivity contribution in [1.29, 1.82) is 11.1 Å². The SMILES string of the molecule is CCOC(=O)C1CC1(C)C.N=[N+]=N. The van der Waals surface area contributed by atoms with Gasteiger partial charge in [0.2, 0.25) is 4.91 Å². The summed E-state index contributed by atoms with van der Waals surface area (Å²) in [7, 11) is 0. The van der Waals surface area contributed by atoms with E-state index in [4.69, 9.17) is 15.8 Å². The highest BCUT2D eigenvalue weighted by Crippen LogP contribution is 2.52. The quantitative estimate of drug-likeness (QED) is 0.390. The molecule has 1 saturated carbocycles. The summed E-state index contributed by atoms with van der Waals surface area (Å²) < 4.78 is 4.86. The highest BCUT2D eigenvalue weighted by Gasteiger charge is 2.51. The van der Waals surface area contributed by atoms with Crippen LogP contribution in [-0.4, -0.2) is 12.6 Å². The second-order valence-corrected chi connectivity index (χ2v) is 3.61. The third-order valence-electron chi connectivity index (χ3n) is 2.08. The van der Waals surface area contributed by atoms with E-state index in [-0.39, 0.29) is 17.3 Å². The fraction of sp³-hybridized carbons (Fsp3) is 0.875. The molecule has 0 spiro atoms. The number of carbonyl (C=O) groups excluding carboxylic acids is 1. The van der Waals surface area contributed by atoms with Crippen LogP contribution in [0.15, 0.2) is 0 Å². The minimum Gasteiger partial charge on any atom is -0.466 e. The highest BCUT2D eigenvalue weighted by molar-refractivity contribution is 5.76. The van der Waals surface area contributed by atoms with Crippen molar-refractivity contribution in [3.8, 4) is 0 Å². The monoisotopic (exact) mass is 186 g/mol. The molecule has 0 aliphatic heterocycles. The minimum atomic E-state index is -0.0208. The van der Waals surface area contributed by atoms with Crippen LogP contribution < -0.4 is 4.91 Å². The molecule has 1 aliphatic rings. The van der Waals surface area contributed by atoms with Crippen molar-refractivity contribution >= 4 is 5.97 Å². The van der Waals surface area contributed by atoms with Crippen molar-refractivity contribution in [2.45, 2.75) is 27.2 Å². The third kappa shape index (κ3) is 3.80. The standard InChI is InChI=1S/C8H14O2.H2N3/c1-4-10-7(9)6-5-8(6,2)3;1-3-2/h6H,4-5H2,1-3H3;1-2H/q;+1. The number of esters is 1. The van der Waals surface area contributed by atoms with Gasteiger partial charge in [-0.1, -0.05) is 13.8 Å². The van der Waals surface area contributed by atoms with Crippen LogP contribution in [0.4, 0.5) is 0 Å². The zero-order valence-electron chi connectivity index (χ0n) is 8.26. The Labute approximate surface area is 77.5 Å². The molecule has 0 bridgehead atoms. The molecule has 1 aliphatic carbocycles. The third-order valence-corrected chi connectivity index (χ3v) is 2.08. The molecule has 0 amide bonds. The average molecular weight is 186 g/mol. The number of rotatable bonds is 2. The van der Waals surface area contributed by atoms with Gasteiger partial charge in [-0.15, -0.1) is 0 Å². The maximum atomic E-state index is 11.0. The summed E-state index contributed by atoms with van der Waals surface area (Å²) in [6.45, 7) is 6.53. The highest BCUT2D eigenvalue weighted by atomic mass is 16.5. The Morgan fingerprint density at radius 3 is 2.23 bits per heavy atom. The molecule has 0 aromatic carbocycles. The van der Waals surface area contributed by atoms with Gasteiger partial charge in [0.1, 0.15) is 11.1 Å². The van der Waals surface area contributed by atoms with Gasteiger partial charge in [-0.3, -0.25) is 4.79 Å². The molecule has 5 nitrogen and oxygen atoms in total. The summed E-state index contributed by atoms with van der Waals surface area (Å²) in [6, 6.07) is 0. The number of hydrogen-bond acceptors (Lipinski definition) is 4. The lowest BCUT2D eigenvalue weighted by atomic mass is 10.1. The van der Waals surface area contributed by atoms with Crippen molar-refractivity contribution in [1.82, 2.24) is 4.91 Å². The van der Waals surface area contributed by atoms with E-state index in [1.807, 2.05) is 11.8 Å². The number of nitrogens with zero attached hydrogens (tertiary/aromatic N) is 1. The lowest BCUT2D eigenvalue weighted by Crippen LogP contribution is -2.09. The van der Waals surface area contributed by atoms with E-state index in [9.17, 15) is 4.79 Å². The van der Waals surface area contributed by atoms with E-state index in [1.165, 1.54) is 0 Å². The molecule has 13 heavy (non-hydrogen) atoms. The molecule has 0 aromatic heterocycles. The van der Waals surface area contributed by atoms with Gasteiger partial charge in [-0.2, -0.15) is 0 Å². The summed E-state index contributed by atoms with van der Waals surface area (Å²) in [4.78, 5) is 13.0. The normalized spacial score (nSPS) is 21.9. The Hall–Kier alpha value is -1.22. The second kappa shape index (κ2) is 4.72. The van der Waals surface area contributed by atoms with Crippen LogP contribution in [0.5, 0.6) is 0 Å². The van der Waals surface area contributed by atoms with Crippen molar-refractivity contribution in [2.75, 3.05) is 6.61 Å². The molecule has 0 radical (unpaired) electrons. The van der Waals surface area contributed by atoms with Crippen LogP contribution >= 0.6 is 0 Å². The fourth-order valence-corrected chi connectivity index (χ4v) is 1.11. The molecule has 5 heteroatoms. The molecule has 0 saturated heterocycles. The van der Waals surface area contributed by atoms with Gasteiger partial charge >= 0.3 is 5.97 Å². The number of hydrogen-bond donors (Lipinski definition) is 2. The van der Waals surface area contributed by atoms with Crippen LogP contribution in [0.3, 0.4) is 0 Å². The Morgan fingerprint density at radius 1 is 1.62 bits per heavy atom. The second-order valence-electron chi connectivity index (χ2n) is 3.61. The average Bonchev–Trinajstić information content (AvgIpc) is 2.62. The zero-order valence-corrected chi connectivity index (χ0v) is 8.26. The zero-order chi connectivity index (χ0) is 10.5. The van der Waals surface area contributed by atoms with Crippen LogP contribution in [-0.2, 0) is 9.53 Å². The minimum absolute atomic E-state index is 0.0208. The smallest absolute Gasteiger partial charge is 0.309 e. The summed E-state index contributed by atoms with van der Waals surface area (Å²) in [5, 5.41) is 0. The van der Waals surface area contributed by atoms with Crippen molar-refractivity contribution < 1.29 is 9.53 Å². The first kappa shape index (κ1) is 11.8. The van der Waals surface area contributed by atoms with Gasteiger partial charge < -0.3 is 4.74 Å². The maximum absolute atomic E-state index is 11.0. The van der Waals surface area contributed by atoms with Crippen molar-refractivity contribution in [3.05, 3.63) is 0 Å². The number of carbonyl (C=O) groups is 1. The molecule has 1 unspecified atom stereocenters. The van der Waals surface area contributed by atoms with E-state index in [2.05, 4.69) is 13.8 Å². The van der Waals surface area contributed by atoms with Gasteiger partial charge in [-0.05, 0) is 18.8 Å². The Bertz CT molecular complexity index is 219. The van der Waals surface area contributed by atoms with E-state index in [1.54, 1.807) is 0 Å². The summed E-state index contributed by atoms with van der Waals surface area (Å²) in [6.07, 6.45) is 0.992. The van der Waals surface area contributed by atoms with Gasteiger partial charge in [0.25, 0.3) is 0 Å². The van der Waals surface area contributed by atoms with Crippen LogP contribution in [0.25, 0.3) is 0 Å². The lowest BCUT2D eigenvalue weighted by molar-refractivity contribution is -0.145. The number of nitrogens with one attached hydrogen (secondary N) is 2. The number of ether oxygens (including phenoxy) is 1. The molecule has 1 atom stereocenters. The predicted octanol–water partition coefficient (Wildman–Crippen LogP) is 1.71. The first-order valence-corrected chi connectivity index (χ1v) is 4.19. The molecular formula is C8H16N3O2+. The molecule has 1 fully saturated rings. The van der Waals surface area contributed by atoms with Gasteiger partial charge in [0.15, 0.2) is 0 Å². The fourth-order valence-electron chi connectivity index (χ4n) is 1.11. The lowest BCUT2D eigenvalue weighted by Gasteiger charge is -2.01. The summed E-state index contributed by atoms with van der Waals surface area (Å²) >= 11 is 0. The molecule has 0 heterocycles. The van der Waals surface area contributed by atoms with E-state index in [0.717, 1.165) is 6.42 Å². The van der Waals surface area contributed by atoms with E-state index >= 15 is 0 Å². The largest absolute Gasteiger partial charge is 0.466 e.